The van der Waals surface area contributed by atoms with Crippen LogP contribution in [0.15, 0.2) is 78.9 Å². The fraction of sp³-hybridized carbons (Fsp3) is 0.424. The second-order valence-corrected chi connectivity index (χ2v) is 11.0. The molecule has 0 saturated carbocycles. The summed E-state index contributed by atoms with van der Waals surface area (Å²) in [7, 11) is 0. The van der Waals surface area contributed by atoms with Gasteiger partial charge in [0.05, 0.1) is 18.8 Å². The Labute approximate surface area is 237 Å². The lowest BCUT2D eigenvalue weighted by atomic mass is 9.90. The molecule has 4 atom stereocenters. The maximum atomic E-state index is 11.3. The molecular weight excluding hydrogens is 502 g/mol. The number of hydrogen-bond donors (Lipinski definition) is 2. The molecular formula is C33H41N3O4. The highest BCUT2D eigenvalue weighted by molar-refractivity contribution is 5.72. The average Bonchev–Trinajstić information content (AvgIpc) is 2.99. The molecule has 0 unspecified atom stereocenters. The number of hydrogen-bond acceptors (Lipinski definition) is 6. The standard InChI is InChI=1S/C33H41N3O4/c1-24-31(22-36-18-16-35(17-19-36)21-27-6-4-3-5-7-27)39-33(30-14-8-26(9-15-30)20-34-25(2)38)40-32(24)29-12-10-28(23-37)11-13-29/h3-15,24,31-33,37H,16-23H2,1-2H3,(H,34,38)/t24-,31+,32+,33+/m1/s1. The van der Waals surface area contributed by atoms with Crippen molar-refractivity contribution in [1.82, 2.24) is 15.1 Å². The van der Waals surface area contributed by atoms with Gasteiger partial charge in [0, 0.05) is 64.2 Å². The van der Waals surface area contributed by atoms with Gasteiger partial charge in [0.2, 0.25) is 5.91 Å². The molecule has 7 nitrogen and oxygen atoms in total. The van der Waals surface area contributed by atoms with Gasteiger partial charge in [-0.2, -0.15) is 0 Å². The number of aliphatic hydroxyl groups excluding tert-OH is 1. The summed E-state index contributed by atoms with van der Waals surface area (Å²) in [5.41, 5.74) is 5.34. The number of rotatable bonds is 9. The average molecular weight is 544 g/mol. The van der Waals surface area contributed by atoms with Crippen molar-refractivity contribution in [2.45, 2.75) is 52.0 Å². The number of amides is 1. The summed E-state index contributed by atoms with van der Waals surface area (Å²) in [6.07, 6.45) is -0.617. The van der Waals surface area contributed by atoms with E-state index in [1.165, 1.54) is 12.5 Å². The fourth-order valence-electron chi connectivity index (χ4n) is 5.57. The van der Waals surface area contributed by atoms with E-state index in [-0.39, 0.29) is 30.6 Å². The second kappa shape index (κ2) is 13.5. The predicted molar refractivity (Wildman–Crippen MR) is 155 cm³/mol. The van der Waals surface area contributed by atoms with Gasteiger partial charge in [-0.1, -0.05) is 85.8 Å². The highest BCUT2D eigenvalue weighted by Crippen LogP contribution is 2.42. The van der Waals surface area contributed by atoms with Crippen molar-refractivity contribution in [3.8, 4) is 0 Å². The molecule has 0 spiro atoms. The lowest BCUT2D eigenvalue weighted by Gasteiger charge is -2.44. The zero-order chi connectivity index (χ0) is 27.9. The van der Waals surface area contributed by atoms with E-state index in [2.05, 4.69) is 64.5 Å². The molecule has 2 saturated heterocycles. The van der Waals surface area contributed by atoms with E-state index in [9.17, 15) is 9.90 Å². The quantitative estimate of drug-likeness (QED) is 0.416. The molecule has 7 heteroatoms. The van der Waals surface area contributed by atoms with Gasteiger partial charge in [0.1, 0.15) is 0 Å². The second-order valence-electron chi connectivity index (χ2n) is 11.0. The molecule has 0 bridgehead atoms. The van der Waals surface area contributed by atoms with Crippen LogP contribution in [0.2, 0.25) is 0 Å². The Bertz CT molecular complexity index is 1210. The van der Waals surface area contributed by atoms with Gasteiger partial charge in [0.25, 0.3) is 0 Å². The van der Waals surface area contributed by atoms with Crippen molar-refractivity contribution in [2.24, 2.45) is 5.92 Å². The zero-order valence-electron chi connectivity index (χ0n) is 23.5. The number of nitrogens with zero attached hydrogens (tertiary/aromatic N) is 2. The van der Waals surface area contributed by atoms with E-state index in [4.69, 9.17) is 9.47 Å². The smallest absolute Gasteiger partial charge is 0.217 e. The van der Waals surface area contributed by atoms with Crippen LogP contribution in [0.3, 0.4) is 0 Å². The summed E-state index contributed by atoms with van der Waals surface area (Å²) in [6, 6.07) is 26.8. The molecule has 0 radical (unpaired) electrons. The first-order valence-corrected chi connectivity index (χ1v) is 14.3. The third-order valence-electron chi connectivity index (χ3n) is 8.07. The molecule has 2 fully saturated rings. The van der Waals surface area contributed by atoms with Crippen LogP contribution >= 0.6 is 0 Å². The highest BCUT2D eigenvalue weighted by atomic mass is 16.7. The number of carbonyl (C=O) groups is 1. The number of carbonyl (C=O) groups excluding carboxylic acids is 1. The lowest BCUT2D eigenvalue weighted by Crippen LogP contribution is -2.51. The maximum absolute atomic E-state index is 11.3. The van der Waals surface area contributed by atoms with Crippen molar-refractivity contribution in [3.05, 3.63) is 107 Å². The van der Waals surface area contributed by atoms with Crippen LogP contribution in [0.4, 0.5) is 0 Å². The fourth-order valence-corrected chi connectivity index (χ4v) is 5.57. The third-order valence-corrected chi connectivity index (χ3v) is 8.07. The minimum atomic E-state index is -0.488. The first-order chi connectivity index (χ1) is 19.5. The topological polar surface area (TPSA) is 74.3 Å². The Morgan fingerprint density at radius 1 is 0.825 bits per heavy atom. The largest absolute Gasteiger partial charge is 0.392 e. The molecule has 2 N–H and O–H groups in total. The van der Waals surface area contributed by atoms with Gasteiger partial charge < -0.3 is 19.9 Å². The molecule has 2 aliphatic rings. The molecule has 0 aromatic heterocycles. The SMILES string of the molecule is CC(=O)NCc1ccc([C@H]2O[C@@H](CN3CCN(Cc4ccccc4)CC3)[C@@H](C)[C@@H](c3ccc(CO)cc3)O2)cc1. The van der Waals surface area contributed by atoms with E-state index in [0.29, 0.717) is 6.54 Å². The number of ether oxygens (including phenoxy) is 2. The predicted octanol–water partition coefficient (Wildman–Crippen LogP) is 4.42. The van der Waals surface area contributed by atoms with Gasteiger partial charge in [-0.3, -0.25) is 14.6 Å². The molecule has 3 aromatic carbocycles. The van der Waals surface area contributed by atoms with Gasteiger partial charge >= 0.3 is 0 Å². The summed E-state index contributed by atoms with van der Waals surface area (Å²) in [6.45, 7) is 10.2. The van der Waals surface area contributed by atoms with Gasteiger partial charge in [-0.05, 0) is 22.3 Å². The van der Waals surface area contributed by atoms with Gasteiger partial charge in [0.15, 0.2) is 6.29 Å². The molecule has 0 aliphatic carbocycles. The van der Waals surface area contributed by atoms with Crippen molar-refractivity contribution in [1.29, 1.82) is 0 Å². The number of nitrogens with one attached hydrogen (secondary N) is 1. The monoisotopic (exact) mass is 543 g/mol. The van der Waals surface area contributed by atoms with Crippen LogP contribution in [0.1, 0.15) is 54.1 Å². The third kappa shape index (κ3) is 7.36. The van der Waals surface area contributed by atoms with Gasteiger partial charge in [-0.25, -0.2) is 0 Å². The Hall–Kier alpha value is -3.07. The summed E-state index contributed by atoms with van der Waals surface area (Å²) in [5.74, 6) is 0.105. The van der Waals surface area contributed by atoms with Crippen LogP contribution in [0.25, 0.3) is 0 Å². The van der Waals surface area contributed by atoms with Crippen molar-refractivity contribution >= 4 is 5.91 Å². The molecule has 1 amide bonds. The number of aliphatic hydroxyl groups is 1. The minimum Gasteiger partial charge on any atom is -0.392 e. The lowest BCUT2D eigenvalue weighted by molar-refractivity contribution is -0.276. The van der Waals surface area contributed by atoms with E-state index >= 15 is 0 Å². The molecule has 2 aliphatic heterocycles. The van der Waals surface area contributed by atoms with Crippen molar-refractivity contribution < 1.29 is 19.4 Å². The summed E-state index contributed by atoms with van der Waals surface area (Å²) in [5, 5.41) is 12.4. The van der Waals surface area contributed by atoms with Crippen LogP contribution in [0.5, 0.6) is 0 Å². The van der Waals surface area contributed by atoms with E-state index in [0.717, 1.165) is 61.5 Å². The highest BCUT2D eigenvalue weighted by Gasteiger charge is 2.39. The van der Waals surface area contributed by atoms with Crippen LogP contribution < -0.4 is 5.32 Å². The zero-order valence-corrected chi connectivity index (χ0v) is 23.5. The normalized spacial score (nSPS) is 24.1. The summed E-state index contributed by atoms with van der Waals surface area (Å²) < 4.78 is 13.3. The summed E-state index contributed by atoms with van der Waals surface area (Å²) in [4.78, 5) is 16.3. The molecule has 2 heterocycles. The van der Waals surface area contributed by atoms with Crippen LogP contribution in [-0.2, 0) is 34.0 Å². The van der Waals surface area contributed by atoms with Crippen molar-refractivity contribution in [2.75, 3.05) is 32.7 Å². The van der Waals surface area contributed by atoms with E-state index in [1.54, 1.807) is 0 Å². The molecule has 5 rings (SSSR count). The van der Waals surface area contributed by atoms with E-state index < -0.39 is 6.29 Å². The van der Waals surface area contributed by atoms with Gasteiger partial charge in [-0.15, -0.1) is 0 Å². The Kier molecular flexibility index (Phi) is 9.62. The number of benzene rings is 3. The Balaban J connectivity index is 1.27. The Morgan fingerprint density at radius 3 is 2.10 bits per heavy atom. The molecule has 212 valence electrons. The summed E-state index contributed by atoms with van der Waals surface area (Å²) >= 11 is 0. The number of piperazine rings is 1. The van der Waals surface area contributed by atoms with E-state index in [1.807, 2.05) is 36.4 Å². The first-order valence-electron chi connectivity index (χ1n) is 14.3. The molecule has 40 heavy (non-hydrogen) atoms. The van der Waals surface area contributed by atoms with Crippen LogP contribution in [0, 0.1) is 5.92 Å². The first kappa shape index (κ1) is 28.5. The maximum Gasteiger partial charge on any atom is 0.217 e. The molecule has 3 aromatic rings. The minimum absolute atomic E-state index is 0.000924. The Morgan fingerprint density at radius 2 is 1.45 bits per heavy atom. The van der Waals surface area contributed by atoms with Crippen LogP contribution in [-0.4, -0.2) is 59.6 Å². The van der Waals surface area contributed by atoms with Crippen molar-refractivity contribution in [3.63, 3.8) is 0 Å².